The quantitative estimate of drug-likeness (QED) is 0.181. The molecular formula is C46H76N2O6. The van der Waals surface area contributed by atoms with Crippen molar-refractivity contribution in [2.75, 3.05) is 40.3 Å². The lowest BCUT2D eigenvalue weighted by atomic mass is 9.33. The predicted molar refractivity (Wildman–Crippen MR) is 214 cm³/mol. The van der Waals surface area contributed by atoms with Crippen molar-refractivity contribution in [1.82, 2.24) is 9.80 Å². The molecule has 2 N–H and O–H groups in total. The summed E-state index contributed by atoms with van der Waals surface area (Å²) >= 11 is 0. The molecule has 0 amide bonds. The summed E-state index contributed by atoms with van der Waals surface area (Å²) in [5.41, 5.74) is 0.703. The number of likely N-dealkylation sites (N-methyl/N-ethyl adjacent to an activating group) is 1. The normalized spacial score (nSPS) is 38.5. The molecule has 0 unspecified atom stereocenters. The summed E-state index contributed by atoms with van der Waals surface area (Å²) < 4.78 is 6.19. The summed E-state index contributed by atoms with van der Waals surface area (Å²) in [6.45, 7) is 23.5. The largest absolute Gasteiger partial charge is 0.481 e. The van der Waals surface area contributed by atoms with Gasteiger partial charge in [-0.2, -0.15) is 0 Å². The van der Waals surface area contributed by atoms with Crippen LogP contribution in [-0.2, 0) is 19.1 Å². The first-order valence-electron chi connectivity index (χ1n) is 21.8. The van der Waals surface area contributed by atoms with E-state index in [-0.39, 0.29) is 51.8 Å². The second-order valence-electron chi connectivity index (χ2n) is 21.9. The van der Waals surface area contributed by atoms with Gasteiger partial charge in [0.1, 0.15) is 6.10 Å². The molecule has 0 aromatic carbocycles. The zero-order chi connectivity index (χ0) is 39.8. The van der Waals surface area contributed by atoms with Crippen molar-refractivity contribution in [2.24, 2.45) is 62.1 Å². The van der Waals surface area contributed by atoms with Gasteiger partial charge in [0.25, 0.3) is 0 Å². The molecule has 0 aliphatic heterocycles. The number of Topliss-reactive ketones (excluding diaryl/α,β-unsaturated/α-hetero) is 1. The molecule has 5 saturated carbocycles. The van der Waals surface area contributed by atoms with Gasteiger partial charge in [0.15, 0.2) is 5.78 Å². The summed E-state index contributed by atoms with van der Waals surface area (Å²) in [4.78, 5) is 43.9. The lowest BCUT2D eigenvalue weighted by molar-refractivity contribution is -0.235. The number of ether oxygens (including phenoxy) is 1. The van der Waals surface area contributed by atoms with Crippen LogP contribution in [0.4, 0.5) is 0 Å². The van der Waals surface area contributed by atoms with E-state index in [1.807, 2.05) is 0 Å². The lowest BCUT2D eigenvalue weighted by Gasteiger charge is -2.72. The topological polar surface area (TPSA) is 107 Å². The highest BCUT2D eigenvalue weighted by molar-refractivity contribution is 6.00. The van der Waals surface area contributed by atoms with Crippen molar-refractivity contribution < 1.29 is 29.3 Å². The Balaban J connectivity index is 1.28. The van der Waals surface area contributed by atoms with Crippen molar-refractivity contribution in [3.63, 3.8) is 0 Å². The monoisotopic (exact) mass is 753 g/mol. The Bertz CT molecular complexity index is 1500. The Hall–Kier alpha value is -1.77. The maximum Gasteiger partial charge on any atom is 0.309 e. The molecule has 0 aromatic rings. The van der Waals surface area contributed by atoms with Gasteiger partial charge in [-0.1, -0.05) is 60.5 Å². The summed E-state index contributed by atoms with van der Waals surface area (Å²) in [7, 11) is 4.25. The SMILES string of the molecule is CC(C)C1=C2[C@H]3CC[C@@H]4[C@@]5(C)CC[C@H](OC(=O)CC(C)(C)C(=O)O)C(C)(C)[C@@H]5CC[C@@]4(C)[C@]3(C)CC[C@@]2([C@H](O)CN(CCN(C)C)CC2CCC2)CC1=O. The number of aliphatic hydroxyl groups excluding tert-OH is 1. The summed E-state index contributed by atoms with van der Waals surface area (Å²) in [6.07, 6.45) is 11.5. The van der Waals surface area contributed by atoms with E-state index in [0.29, 0.717) is 24.8 Å². The van der Waals surface area contributed by atoms with Crippen molar-refractivity contribution in [2.45, 2.75) is 158 Å². The summed E-state index contributed by atoms with van der Waals surface area (Å²) in [5, 5.41) is 22.2. The number of carbonyl (C=O) groups excluding carboxylic acids is 2. The van der Waals surface area contributed by atoms with Crippen LogP contribution in [-0.4, -0.2) is 90.2 Å². The van der Waals surface area contributed by atoms with Crippen LogP contribution < -0.4 is 0 Å². The van der Waals surface area contributed by atoms with Crippen LogP contribution in [0, 0.1) is 62.1 Å². The third-order valence-electron chi connectivity index (χ3n) is 17.5. The molecule has 6 aliphatic carbocycles. The van der Waals surface area contributed by atoms with E-state index in [9.17, 15) is 24.6 Å². The Morgan fingerprint density at radius 2 is 1.57 bits per heavy atom. The molecule has 0 radical (unpaired) electrons. The summed E-state index contributed by atoms with van der Waals surface area (Å²) in [5.74, 6) is 0.937. The number of esters is 1. The maximum atomic E-state index is 14.2. The highest BCUT2D eigenvalue weighted by Crippen LogP contribution is 2.77. The number of nitrogens with zero attached hydrogens (tertiary/aromatic N) is 2. The number of aliphatic hydroxyl groups is 1. The van der Waals surface area contributed by atoms with E-state index in [4.69, 9.17) is 4.74 Å². The third kappa shape index (κ3) is 6.76. The first kappa shape index (κ1) is 41.9. The number of hydrogen-bond acceptors (Lipinski definition) is 7. The van der Waals surface area contributed by atoms with E-state index in [1.165, 1.54) is 24.8 Å². The predicted octanol–water partition coefficient (Wildman–Crippen LogP) is 8.40. The minimum absolute atomic E-state index is 0.0135. The van der Waals surface area contributed by atoms with E-state index in [0.717, 1.165) is 82.5 Å². The van der Waals surface area contributed by atoms with Crippen LogP contribution in [0.3, 0.4) is 0 Å². The van der Waals surface area contributed by atoms with Crippen molar-refractivity contribution in [1.29, 1.82) is 0 Å². The van der Waals surface area contributed by atoms with E-state index in [2.05, 4.69) is 72.4 Å². The van der Waals surface area contributed by atoms with Gasteiger partial charge in [-0.3, -0.25) is 19.3 Å². The van der Waals surface area contributed by atoms with Gasteiger partial charge in [0.05, 0.1) is 17.9 Å². The molecule has 0 saturated heterocycles. The number of aliphatic carboxylic acids is 1. The molecular weight excluding hydrogens is 677 g/mol. The molecule has 0 bridgehead atoms. The fourth-order valence-electron chi connectivity index (χ4n) is 14.0. The molecule has 5 fully saturated rings. The standard InChI is InChI=1S/C46H76N2O6/c1-29(2)38-32(49)25-46(35(50)28-48(24-23-47(10)11)27-30-13-12-14-30)22-21-44(8)31(39(38)46)15-16-34-43(7)19-18-36(54-37(51)26-41(3,4)40(52)53)42(5,6)33(43)17-20-45(34,44)9/h29-31,33-36,50H,12-28H2,1-11H3,(H,52,53)/t31-,33+,34-,35-,36+,43+,44-,45-,46+/m1/s1. The average molecular weight is 753 g/mol. The highest BCUT2D eigenvalue weighted by atomic mass is 16.5. The zero-order valence-corrected chi connectivity index (χ0v) is 36.0. The lowest BCUT2D eigenvalue weighted by Crippen LogP contribution is -2.66. The van der Waals surface area contributed by atoms with E-state index >= 15 is 0 Å². The van der Waals surface area contributed by atoms with Gasteiger partial charge in [-0.05, 0) is 144 Å². The van der Waals surface area contributed by atoms with Crippen molar-refractivity contribution in [3.8, 4) is 0 Å². The number of rotatable bonds is 13. The van der Waals surface area contributed by atoms with Gasteiger partial charge >= 0.3 is 11.9 Å². The number of carbonyl (C=O) groups is 3. The van der Waals surface area contributed by atoms with Crippen LogP contribution in [0.5, 0.6) is 0 Å². The van der Waals surface area contributed by atoms with E-state index in [1.54, 1.807) is 13.8 Å². The fraction of sp³-hybridized carbons (Fsp3) is 0.891. The minimum Gasteiger partial charge on any atom is -0.481 e. The first-order chi connectivity index (χ1) is 25.0. The van der Waals surface area contributed by atoms with Crippen molar-refractivity contribution in [3.05, 3.63) is 11.1 Å². The fourth-order valence-corrected chi connectivity index (χ4v) is 14.0. The molecule has 6 aliphatic rings. The van der Waals surface area contributed by atoms with Gasteiger partial charge in [0, 0.05) is 43.4 Å². The van der Waals surface area contributed by atoms with Crippen molar-refractivity contribution >= 4 is 17.7 Å². The molecule has 9 atom stereocenters. The number of carboxylic acid groups (broad SMARTS) is 1. The number of hydrogen-bond donors (Lipinski definition) is 2. The van der Waals surface area contributed by atoms with E-state index < -0.39 is 28.9 Å². The number of ketones is 1. The minimum atomic E-state index is -1.16. The zero-order valence-electron chi connectivity index (χ0n) is 36.0. The van der Waals surface area contributed by atoms with Crippen LogP contribution >= 0.6 is 0 Å². The highest BCUT2D eigenvalue weighted by Gasteiger charge is 2.71. The van der Waals surface area contributed by atoms with Crippen LogP contribution in [0.2, 0.25) is 0 Å². The molecule has 6 rings (SSSR count). The second kappa shape index (κ2) is 14.6. The Labute approximate surface area is 327 Å². The molecule has 306 valence electrons. The van der Waals surface area contributed by atoms with Crippen LogP contribution in [0.25, 0.3) is 0 Å². The number of allylic oxidation sites excluding steroid dienone is 1. The molecule has 54 heavy (non-hydrogen) atoms. The average Bonchev–Trinajstić information content (AvgIpc) is 3.36. The summed E-state index contributed by atoms with van der Waals surface area (Å²) in [6, 6.07) is 0. The Morgan fingerprint density at radius 3 is 2.17 bits per heavy atom. The molecule has 0 spiro atoms. The molecule has 8 nitrogen and oxygen atoms in total. The maximum absolute atomic E-state index is 14.2. The number of carboxylic acids is 1. The van der Waals surface area contributed by atoms with Crippen LogP contribution in [0.1, 0.15) is 146 Å². The molecule has 8 heteroatoms. The molecule has 0 heterocycles. The Morgan fingerprint density at radius 1 is 0.889 bits per heavy atom. The van der Waals surface area contributed by atoms with Crippen LogP contribution in [0.15, 0.2) is 11.1 Å². The number of fused-ring (bicyclic) bond motifs is 7. The second-order valence-corrected chi connectivity index (χ2v) is 21.9. The van der Waals surface area contributed by atoms with Gasteiger partial charge in [-0.15, -0.1) is 0 Å². The van der Waals surface area contributed by atoms with Gasteiger partial charge < -0.3 is 19.8 Å². The van der Waals surface area contributed by atoms with Gasteiger partial charge in [0.2, 0.25) is 0 Å². The molecule has 0 aromatic heterocycles. The van der Waals surface area contributed by atoms with Gasteiger partial charge in [-0.25, -0.2) is 0 Å². The third-order valence-corrected chi connectivity index (χ3v) is 17.5. The first-order valence-corrected chi connectivity index (χ1v) is 21.8. The Kier molecular flexibility index (Phi) is 11.3. The smallest absolute Gasteiger partial charge is 0.309 e.